The molecule has 2 N–H and O–H groups in total. The van der Waals surface area contributed by atoms with Gasteiger partial charge in [0.1, 0.15) is 5.75 Å². The van der Waals surface area contributed by atoms with Crippen LogP contribution in [0.4, 0.5) is 0 Å². The molecule has 0 atom stereocenters. The van der Waals surface area contributed by atoms with Crippen LogP contribution >= 0.6 is 0 Å². The van der Waals surface area contributed by atoms with Gasteiger partial charge in [0.05, 0.1) is 18.0 Å². The van der Waals surface area contributed by atoms with Gasteiger partial charge in [0.25, 0.3) is 0 Å². The van der Waals surface area contributed by atoms with E-state index in [1.165, 1.54) is 17.4 Å². The van der Waals surface area contributed by atoms with Crippen molar-refractivity contribution < 1.29 is 13.2 Å². The van der Waals surface area contributed by atoms with Crippen LogP contribution in [0, 0.1) is 6.92 Å². The number of hydrogen-bond acceptors (Lipinski definition) is 4. The van der Waals surface area contributed by atoms with E-state index in [9.17, 15) is 8.42 Å². The van der Waals surface area contributed by atoms with Crippen LogP contribution in [0.1, 0.15) is 29.2 Å². The summed E-state index contributed by atoms with van der Waals surface area (Å²) in [6.07, 6.45) is 3.12. The average Bonchev–Trinajstić information content (AvgIpc) is 3.13. The van der Waals surface area contributed by atoms with Gasteiger partial charge in [-0.3, -0.25) is 0 Å². The lowest BCUT2D eigenvalue weighted by Crippen LogP contribution is -2.38. The molecule has 1 heterocycles. The fourth-order valence-corrected chi connectivity index (χ4v) is 4.42. The Bertz CT molecular complexity index is 1000. The second-order valence-corrected chi connectivity index (χ2v) is 9.27. The first kappa shape index (κ1) is 21.2. The molecule has 0 amide bonds. The summed E-state index contributed by atoms with van der Waals surface area (Å²) in [5, 5.41) is 6.62. The molecule has 0 radical (unpaired) electrons. The molecule has 1 aliphatic rings. The summed E-state index contributed by atoms with van der Waals surface area (Å²) in [6.45, 7) is 6.65. The molecule has 0 bridgehead atoms. The zero-order chi connectivity index (χ0) is 20.9. The summed E-state index contributed by atoms with van der Waals surface area (Å²) in [7, 11) is -3.20. The largest absolute Gasteiger partial charge is 0.493 e. The Morgan fingerprint density at radius 1 is 1.14 bits per heavy atom. The van der Waals surface area contributed by atoms with Crippen molar-refractivity contribution in [1.29, 1.82) is 0 Å². The summed E-state index contributed by atoms with van der Waals surface area (Å²) >= 11 is 0. The van der Waals surface area contributed by atoms with Crippen molar-refractivity contribution >= 4 is 15.8 Å². The van der Waals surface area contributed by atoms with Gasteiger partial charge in [-0.25, -0.2) is 13.4 Å². The highest BCUT2D eigenvalue weighted by atomic mass is 32.2. The lowest BCUT2D eigenvalue weighted by molar-refractivity contribution is 0.357. The first-order valence-electron chi connectivity index (χ1n) is 9.93. The van der Waals surface area contributed by atoms with Gasteiger partial charge in [-0.2, -0.15) is 0 Å². The number of aliphatic imine (C=N–C) groups is 1. The van der Waals surface area contributed by atoms with Gasteiger partial charge in [-0.05, 0) is 54.7 Å². The van der Waals surface area contributed by atoms with Crippen molar-refractivity contribution in [1.82, 2.24) is 10.6 Å². The molecule has 0 spiro atoms. The lowest BCUT2D eigenvalue weighted by Gasteiger charge is -2.12. The van der Waals surface area contributed by atoms with Crippen LogP contribution in [0.3, 0.4) is 0 Å². The topological polar surface area (TPSA) is 79.8 Å². The van der Waals surface area contributed by atoms with E-state index in [-0.39, 0.29) is 0 Å². The van der Waals surface area contributed by atoms with Gasteiger partial charge in [-0.15, -0.1) is 0 Å². The SMILES string of the molecule is CCNC(=NCc1ccc(S(C)(=O)=O)c(C)c1)NCCc1ccc2c(c1)CCO2. The van der Waals surface area contributed by atoms with Gasteiger partial charge >= 0.3 is 0 Å². The third-order valence-corrected chi connectivity index (χ3v) is 6.12. The Hall–Kier alpha value is -2.54. The van der Waals surface area contributed by atoms with E-state index in [4.69, 9.17) is 4.74 Å². The molecule has 0 fully saturated rings. The zero-order valence-corrected chi connectivity index (χ0v) is 18.1. The minimum atomic E-state index is -3.20. The highest BCUT2D eigenvalue weighted by molar-refractivity contribution is 7.90. The highest BCUT2D eigenvalue weighted by Gasteiger charge is 2.12. The molecule has 0 unspecified atom stereocenters. The molecule has 156 valence electrons. The minimum absolute atomic E-state index is 0.370. The molecule has 29 heavy (non-hydrogen) atoms. The Kier molecular flexibility index (Phi) is 6.79. The Labute approximate surface area is 173 Å². The van der Waals surface area contributed by atoms with Gasteiger partial charge in [0.15, 0.2) is 15.8 Å². The van der Waals surface area contributed by atoms with Crippen molar-refractivity contribution in [2.45, 2.75) is 38.1 Å². The number of sulfone groups is 1. The predicted molar refractivity (Wildman–Crippen MR) is 116 cm³/mol. The predicted octanol–water partition coefficient (Wildman–Crippen LogP) is 2.63. The van der Waals surface area contributed by atoms with Crippen LogP contribution in [0.15, 0.2) is 46.3 Å². The van der Waals surface area contributed by atoms with Crippen LogP contribution in [-0.2, 0) is 29.2 Å². The molecule has 0 aromatic heterocycles. The van der Waals surface area contributed by atoms with Crippen LogP contribution in [0.2, 0.25) is 0 Å². The van der Waals surface area contributed by atoms with Crippen LogP contribution in [0.25, 0.3) is 0 Å². The number of ether oxygens (including phenoxy) is 1. The Morgan fingerprint density at radius 3 is 2.66 bits per heavy atom. The molecule has 0 saturated heterocycles. The number of aryl methyl sites for hydroxylation is 1. The van der Waals surface area contributed by atoms with Gasteiger partial charge in [0, 0.05) is 25.8 Å². The van der Waals surface area contributed by atoms with Crippen LogP contribution in [0.5, 0.6) is 5.75 Å². The van der Waals surface area contributed by atoms with Gasteiger partial charge in [-0.1, -0.05) is 24.3 Å². The van der Waals surface area contributed by atoms with Crippen LogP contribution < -0.4 is 15.4 Å². The summed E-state index contributed by atoms with van der Waals surface area (Å²) in [5.74, 6) is 1.76. The van der Waals surface area contributed by atoms with Gasteiger partial charge < -0.3 is 15.4 Å². The number of nitrogens with zero attached hydrogens (tertiary/aromatic N) is 1. The van der Waals surface area contributed by atoms with E-state index in [0.717, 1.165) is 55.4 Å². The van der Waals surface area contributed by atoms with E-state index in [2.05, 4.69) is 33.8 Å². The molecule has 1 aliphatic heterocycles. The first-order valence-corrected chi connectivity index (χ1v) is 11.8. The molecule has 0 aliphatic carbocycles. The summed E-state index contributed by atoms with van der Waals surface area (Å²) < 4.78 is 29.1. The van der Waals surface area contributed by atoms with E-state index >= 15 is 0 Å². The second kappa shape index (κ2) is 9.31. The third kappa shape index (κ3) is 5.73. The Morgan fingerprint density at radius 2 is 1.93 bits per heavy atom. The molecular formula is C22H29N3O3S. The summed E-state index contributed by atoms with van der Waals surface area (Å²) in [4.78, 5) is 5.00. The number of benzene rings is 2. The molecule has 3 rings (SSSR count). The van der Waals surface area contributed by atoms with Crippen molar-refractivity contribution in [3.05, 3.63) is 58.7 Å². The molecule has 2 aromatic carbocycles. The monoisotopic (exact) mass is 415 g/mol. The van der Waals surface area contributed by atoms with E-state index in [1.54, 1.807) is 6.07 Å². The normalized spacial score (nSPS) is 13.7. The van der Waals surface area contributed by atoms with E-state index in [0.29, 0.717) is 11.4 Å². The number of rotatable bonds is 7. The van der Waals surface area contributed by atoms with Crippen molar-refractivity contribution in [3.63, 3.8) is 0 Å². The number of hydrogen-bond donors (Lipinski definition) is 2. The molecular weight excluding hydrogens is 386 g/mol. The molecule has 2 aromatic rings. The molecule has 6 nitrogen and oxygen atoms in total. The summed E-state index contributed by atoms with van der Waals surface area (Å²) in [6, 6.07) is 11.8. The van der Waals surface area contributed by atoms with Crippen molar-refractivity contribution in [2.75, 3.05) is 26.0 Å². The standard InChI is InChI=1S/C22H29N3O3S/c1-4-23-22(24-11-9-17-5-7-20-19(14-17)10-12-28-20)25-15-18-6-8-21(16(2)13-18)29(3,26)27/h5-8,13-14H,4,9-12,15H2,1-3H3,(H2,23,24,25). The van der Waals surface area contributed by atoms with Crippen LogP contribution in [-0.4, -0.2) is 40.3 Å². The van der Waals surface area contributed by atoms with E-state index in [1.807, 2.05) is 26.0 Å². The van der Waals surface area contributed by atoms with Gasteiger partial charge in [0.2, 0.25) is 0 Å². The average molecular weight is 416 g/mol. The highest BCUT2D eigenvalue weighted by Crippen LogP contribution is 2.25. The molecule has 0 saturated carbocycles. The molecule has 7 heteroatoms. The number of fused-ring (bicyclic) bond motifs is 1. The Balaban J connectivity index is 1.59. The summed E-state index contributed by atoms with van der Waals surface area (Å²) in [5.41, 5.74) is 4.30. The number of guanidine groups is 1. The second-order valence-electron chi connectivity index (χ2n) is 7.28. The fraction of sp³-hybridized carbons (Fsp3) is 0.409. The maximum absolute atomic E-state index is 11.8. The van der Waals surface area contributed by atoms with Crippen molar-refractivity contribution in [2.24, 2.45) is 4.99 Å². The smallest absolute Gasteiger partial charge is 0.191 e. The third-order valence-electron chi connectivity index (χ3n) is 4.86. The zero-order valence-electron chi connectivity index (χ0n) is 17.3. The quantitative estimate of drug-likeness (QED) is 0.537. The van der Waals surface area contributed by atoms with E-state index < -0.39 is 9.84 Å². The lowest BCUT2D eigenvalue weighted by atomic mass is 10.1. The maximum atomic E-state index is 11.8. The first-order chi connectivity index (χ1) is 13.9. The minimum Gasteiger partial charge on any atom is -0.493 e. The number of nitrogens with one attached hydrogen (secondary N) is 2. The fourth-order valence-electron chi connectivity index (χ4n) is 3.46. The maximum Gasteiger partial charge on any atom is 0.191 e. The van der Waals surface area contributed by atoms with Crippen molar-refractivity contribution in [3.8, 4) is 5.75 Å².